The number of carboxylic acid groups (broad SMARTS) is 1. The van der Waals surface area contributed by atoms with Crippen molar-refractivity contribution in [2.45, 2.75) is 43.1 Å². The first-order valence-electron chi connectivity index (χ1n) is 9.98. The molecule has 0 spiro atoms. The lowest BCUT2D eigenvalue weighted by Gasteiger charge is -2.34. The van der Waals surface area contributed by atoms with Gasteiger partial charge in [-0.3, -0.25) is 9.89 Å². The van der Waals surface area contributed by atoms with Crippen LogP contribution in [0.25, 0.3) is 0 Å². The zero-order valence-corrected chi connectivity index (χ0v) is 17.0. The number of hydrogen-bond acceptors (Lipinski definition) is 6. The minimum absolute atomic E-state index is 0.0104. The Balaban J connectivity index is 1.57. The summed E-state index contributed by atoms with van der Waals surface area (Å²) in [5, 5.41) is 27.5. The van der Waals surface area contributed by atoms with Crippen molar-refractivity contribution in [1.29, 1.82) is 0 Å². The highest BCUT2D eigenvalue weighted by molar-refractivity contribution is 5.97. The van der Waals surface area contributed by atoms with Gasteiger partial charge in [0.05, 0.1) is 16.8 Å². The smallest absolute Gasteiger partial charge is 0.418 e. The maximum atomic E-state index is 13.6. The predicted molar refractivity (Wildman–Crippen MR) is 102 cm³/mol. The second-order valence-electron chi connectivity index (χ2n) is 8.00. The number of halogens is 6. The molecule has 34 heavy (non-hydrogen) atoms. The summed E-state index contributed by atoms with van der Waals surface area (Å²) in [6.45, 7) is 0.296. The van der Waals surface area contributed by atoms with E-state index in [9.17, 15) is 41.0 Å². The Morgan fingerprint density at radius 2 is 1.79 bits per heavy atom. The molecular weight excluding hydrogens is 476 g/mol. The van der Waals surface area contributed by atoms with E-state index < -0.39 is 53.3 Å². The van der Waals surface area contributed by atoms with Crippen LogP contribution >= 0.6 is 0 Å². The second-order valence-corrected chi connectivity index (χ2v) is 8.00. The van der Waals surface area contributed by atoms with Crippen LogP contribution in [-0.2, 0) is 11.0 Å². The van der Waals surface area contributed by atoms with Crippen LogP contribution in [-0.4, -0.2) is 62.6 Å². The van der Waals surface area contributed by atoms with Gasteiger partial charge in [0.25, 0.3) is 5.91 Å². The molecule has 4 rings (SSSR count). The summed E-state index contributed by atoms with van der Waals surface area (Å²) >= 11 is 0. The summed E-state index contributed by atoms with van der Waals surface area (Å²) in [6.07, 6.45) is -11.3. The third-order valence-electron chi connectivity index (χ3n) is 5.96. The Kier molecular flexibility index (Phi) is 5.70. The number of rotatable bonds is 3. The molecule has 0 aromatic carbocycles. The molecule has 9 nitrogen and oxygen atoms in total. The summed E-state index contributed by atoms with van der Waals surface area (Å²) in [5.74, 6) is -6.21. The number of hydrogen-bond donors (Lipinski definition) is 4. The molecule has 2 aliphatic rings. The number of aliphatic hydroxyl groups excluding tert-OH is 1. The number of alkyl halides is 6. The van der Waals surface area contributed by atoms with Crippen LogP contribution in [0.5, 0.6) is 0 Å². The Bertz CT molecular complexity index is 1120. The van der Waals surface area contributed by atoms with Crippen LogP contribution in [0, 0.1) is 0 Å². The van der Waals surface area contributed by atoms with E-state index in [-0.39, 0.29) is 48.8 Å². The molecule has 0 aliphatic carbocycles. The van der Waals surface area contributed by atoms with Crippen molar-refractivity contribution >= 4 is 23.5 Å². The molecule has 4 heterocycles. The standard InChI is InChI=1S/C19H17F6N5O4/c20-18(21,22)9-6-26-10(5-8(9)17(33)34)30-3-1-7(2-4-30)13-11-12(19(23,24)25)14(31)16(32)27-15(11)29-28-13/h5-7,12,14,31H,1-4H2,(H,33,34)(H2,27,28,29,32)/t12-,14-/m0/s1. The number of carbonyl (C=O) groups is 2. The van der Waals surface area contributed by atoms with Gasteiger partial charge in [-0.1, -0.05) is 0 Å². The first kappa shape index (κ1) is 23.8. The number of aromatic amines is 1. The minimum atomic E-state index is -4.91. The lowest BCUT2D eigenvalue weighted by Crippen LogP contribution is -2.44. The number of fused-ring (bicyclic) bond motifs is 1. The van der Waals surface area contributed by atoms with E-state index in [0.717, 1.165) is 6.07 Å². The molecule has 15 heteroatoms. The van der Waals surface area contributed by atoms with Crippen molar-refractivity contribution in [3.63, 3.8) is 0 Å². The van der Waals surface area contributed by atoms with E-state index in [0.29, 0.717) is 6.20 Å². The summed E-state index contributed by atoms with van der Waals surface area (Å²) < 4.78 is 80.1. The largest absolute Gasteiger partial charge is 0.478 e. The average Bonchev–Trinajstić information content (AvgIpc) is 3.15. The number of aliphatic hydroxyl groups is 1. The van der Waals surface area contributed by atoms with Crippen molar-refractivity contribution in [2.75, 3.05) is 23.3 Å². The maximum absolute atomic E-state index is 13.6. The number of anilines is 2. The van der Waals surface area contributed by atoms with Gasteiger partial charge in [-0.05, 0) is 18.9 Å². The lowest BCUT2D eigenvalue weighted by atomic mass is 9.83. The first-order chi connectivity index (χ1) is 15.8. The Hall–Kier alpha value is -3.36. The van der Waals surface area contributed by atoms with Gasteiger partial charge < -0.3 is 20.4 Å². The first-order valence-corrected chi connectivity index (χ1v) is 9.98. The van der Waals surface area contributed by atoms with Crippen LogP contribution < -0.4 is 10.2 Å². The fourth-order valence-electron chi connectivity index (χ4n) is 4.34. The summed E-state index contributed by atoms with van der Waals surface area (Å²) in [4.78, 5) is 28.3. The Labute approximate surface area is 186 Å². The number of aromatic carboxylic acids is 1. The van der Waals surface area contributed by atoms with Gasteiger partial charge >= 0.3 is 18.3 Å². The van der Waals surface area contributed by atoms with Crippen molar-refractivity contribution in [3.05, 3.63) is 34.6 Å². The maximum Gasteiger partial charge on any atom is 0.418 e. The average molecular weight is 493 g/mol. The highest BCUT2D eigenvalue weighted by atomic mass is 19.4. The van der Waals surface area contributed by atoms with Gasteiger partial charge in [0.1, 0.15) is 23.7 Å². The lowest BCUT2D eigenvalue weighted by molar-refractivity contribution is -0.177. The van der Waals surface area contributed by atoms with Crippen molar-refractivity contribution in [1.82, 2.24) is 15.2 Å². The van der Waals surface area contributed by atoms with Gasteiger partial charge in [0.15, 0.2) is 0 Å². The fraction of sp³-hybridized carbons (Fsp3) is 0.474. The van der Waals surface area contributed by atoms with Crippen molar-refractivity contribution in [2.24, 2.45) is 0 Å². The zero-order valence-electron chi connectivity index (χ0n) is 17.0. The SMILES string of the molecule is O=C(O)c1cc(N2CCC(c3n[nH]c4c3[C@H](C(F)(F)F)[C@H](O)C(=O)N4)CC2)ncc1C(F)(F)F. The van der Waals surface area contributed by atoms with Gasteiger partial charge in [-0.25, -0.2) is 9.78 Å². The number of amides is 1. The topological polar surface area (TPSA) is 131 Å². The summed E-state index contributed by atoms with van der Waals surface area (Å²) in [7, 11) is 0. The van der Waals surface area contributed by atoms with Crippen LogP contribution in [0.2, 0.25) is 0 Å². The number of pyridine rings is 1. The third kappa shape index (κ3) is 4.15. The molecular formula is C19H17F6N5O4. The van der Waals surface area contributed by atoms with E-state index in [2.05, 4.69) is 20.5 Å². The van der Waals surface area contributed by atoms with Crippen LogP contribution in [0.3, 0.4) is 0 Å². The second kappa shape index (κ2) is 8.14. The van der Waals surface area contributed by atoms with Gasteiger partial charge in [-0.2, -0.15) is 31.4 Å². The highest BCUT2D eigenvalue weighted by Crippen LogP contribution is 2.47. The molecule has 4 N–H and O–H groups in total. The number of carbonyl (C=O) groups excluding carboxylic acids is 1. The quantitative estimate of drug-likeness (QED) is 0.484. The van der Waals surface area contributed by atoms with Crippen molar-refractivity contribution < 1.29 is 46.1 Å². The van der Waals surface area contributed by atoms with E-state index in [1.54, 1.807) is 0 Å². The molecule has 0 radical (unpaired) electrons. The zero-order chi connectivity index (χ0) is 25.0. The Morgan fingerprint density at radius 3 is 2.35 bits per heavy atom. The molecule has 0 saturated carbocycles. The van der Waals surface area contributed by atoms with E-state index in [4.69, 9.17) is 5.11 Å². The molecule has 2 aromatic heterocycles. The summed E-state index contributed by atoms with van der Waals surface area (Å²) in [6, 6.07) is 0.813. The normalized spacial score (nSPS) is 21.9. The summed E-state index contributed by atoms with van der Waals surface area (Å²) in [5.41, 5.74) is -2.67. The van der Waals surface area contributed by atoms with E-state index in [1.807, 2.05) is 0 Å². The molecule has 184 valence electrons. The van der Waals surface area contributed by atoms with E-state index in [1.165, 1.54) is 4.90 Å². The number of H-pyrrole nitrogens is 1. The van der Waals surface area contributed by atoms with Crippen LogP contribution in [0.4, 0.5) is 38.0 Å². The molecule has 2 aliphatic heterocycles. The van der Waals surface area contributed by atoms with Gasteiger partial charge in [0.2, 0.25) is 0 Å². The van der Waals surface area contributed by atoms with E-state index >= 15 is 0 Å². The van der Waals surface area contributed by atoms with Crippen LogP contribution in [0.1, 0.15) is 51.9 Å². The highest BCUT2D eigenvalue weighted by Gasteiger charge is 2.53. The van der Waals surface area contributed by atoms with Gasteiger partial charge in [0, 0.05) is 30.8 Å². The molecule has 0 unspecified atom stereocenters. The molecule has 2 atom stereocenters. The molecule has 0 bridgehead atoms. The number of nitrogens with one attached hydrogen (secondary N) is 2. The third-order valence-corrected chi connectivity index (χ3v) is 5.96. The molecule has 1 fully saturated rings. The van der Waals surface area contributed by atoms with Crippen LogP contribution in [0.15, 0.2) is 12.3 Å². The van der Waals surface area contributed by atoms with Gasteiger partial charge in [-0.15, -0.1) is 0 Å². The predicted octanol–water partition coefficient (Wildman–Crippen LogP) is 2.86. The Morgan fingerprint density at radius 1 is 1.15 bits per heavy atom. The number of aromatic nitrogens is 3. The number of piperidine rings is 1. The minimum Gasteiger partial charge on any atom is -0.478 e. The molecule has 1 amide bonds. The number of nitrogens with zero attached hydrogens (tertiary/aromatic N) is 3. The monoisotopic (exact) mass is 493 g/mol. The fourth-order valence-corrected chi connectivity index (χ4v) is 4.34. The number of carboxylic acids is 1. The molecule has 1 saturated heterocycles. The van der Waals surface area contributed by atoms with Crippen molar-refractivity contribution in [3.8, 4) is 0 Å². The molecule has 2 aromatic rings.